The van der Waals surface area contributed by atoms with Gasteiger partial charge in [0.05, 0.1) is 5.39 Å². The van der Waals surface area contributed by atoms with E-state index in [9.17, 15) is 24.3 Å². The zero-order chi connectivity index (χ0) is 30.4. The lowest BCUT2D eigenvalue weighted by Crippen LogP contribution is -2.54. The average molecular weight is 615 g/mol. The number of benzene rings is 2. The molecule has 0 fully saturated rings. The number of thioether (sulfide) groups is 2. The lowest BCUT2D eigenvalue weighted by molar-refractivity contribution is -0.141. The molecule has 1 aromatic heterocycles. The molecular formula is C30H34N2O8S2. The lowest BCUT2D eigenvalue weighted by atomic mass is 9.91. The highest BCUT2D eigenvalue weighted by molar-refractivity contribution is 7.98. The molecule has 0 bridgehead atoms. The first-order chi connectivity index (χ1) is 20.0. The number of hydrogen-bond acceptors (Lipinski definition) is 9. The molecule has 4 rings (SSSR count). The number of fused-ring (bicyclic) bond motifs is 3. The molecule has 2 heterocycles. The predicted octanol–water partition coefficient (Wildman–Crippen LogP) is 3.72. The molecule has 0 unspecified atom stereocenters. The summed E-state index contributed by atoms with van der Waals surface area (Å²) in [7, 11) is 0. The number of carbonyl (C=O) groups excluding carboxylic acids is 2. The highest BCUT2D eigenvalue weighted by Gasteiger charge is 2.31. The number of rotatable bonds is 12. The second-order valence-corrected chi connectivity index (χ2v) is 12.3. The van der Waals surface area contributed by atoms with Crippen molar-refractivity contribution in [3.63, 3.8) is 0 Å². The summed E-state index contributed by atoms with van der Waals surface area (Å²) in [5.74, 6) is -1.10. The summed E-state index contributed by atoms with van der Waals surface area (Å²) >= 11 is 2.62. The van der Waals surface area contributed by atoms with Crippen LogP contribution in [0.4, 0.5) is 0 Å². The Kier molecular flexibility index (Phi) is 10.1. The molecule has 12 heteroatoms. The quantitative estimate of drug-likeness (QED) is 0.258. The fraction of sp³-hybridized carbons (Fsp3) is 0.400. The van der Waals surface area contributed by atoms with Crippen molar-refractivity contribution in [1.29, 1.82) is 0 Å². The van der Waals surface area contributed by atoms with Gasteiger partial charge in [0.25, 0.3) is 5.91 Å². The molecule has 2 atom stereocenters. The highest BCUT2D eigenvalue weighted by Crippen LogP contribution is 2.44. The third kappa shape index (κ3) is 7.40. The molecule has 224 valence electrons. The number of nitrogens with one attached hydrogen (secondary N) is 2. The van der Waals surface area contributed by atoms with Gasteiger partial charge in [-0.1, -0.05) is 30.3 Å². The Morgan fingerprint density at radius 2 is 1.74 bits per heavy atom. The first-order valence-electron chi connectivity index (χ1n) is 13.3. The number of hydrogen-bond donors (Lipinski definition) is 3. The molecule has 2 amide bonds. The van der Waals surface area contributed by atoms with Crippen LogP contribution in [0.5, 0.6) is 11.5 Å². The Morgan fingerprint density at radius 3 is 2.40 bits per heavy atom. The predicted molar refractivity (Wildman–Crippen MR) is 165 cm³/mol. The van der Waals surface area contributed by atoms with E-state index in [1.807, 2.05) is 44.2 Å². The largest absolute Gasteiger partial charge is 0.487 e. The first-order valence-corrected chi connectivity index (χ1v) is 16.1. The van der Waals surface area contributed by atoms with Crippen LogP contribution in [0.15, 0.2) is 51.7 Å². The zero-order valence-electron chi connectivity index (χ0n) is 23.9. The van der Waals surface area contributed by atoms with Gasteiger partial charge < -0.3 is 29.6 Å². The van der Waals surface area contributed by atoms with Crippen molar-refractivity contribution >= 4 is 52.3 Å². The van der Waals surface area contributed by atoms with E-state index in [0.717, 1.165) is 17.5 Å². The molecule has 1 aliphatic heterocycles. The minimum absolute atomic E-state index is 0.189. The molecule has 0 aliphatic carbocycles. The number of aryl methyl sites for hydroxylation is 1. The summed E-state index contributed by atoms with van der Waals surface area (Å²) in [4.78, 5) is 50.1. The molecule has 0 saturated heterocycles. The third-order valence-electron chi connectivity index (χ3n) is 6.78. The molecule has 42 heavy (non-hydrogen) atoms. The van der Waals surface area contributed by atoms with Gasteiger partial charge in [-0.3, -0.25) is 9.59 Å². The van der Waals surface area contributed by atoms with Crippen LogP contribution in [-0.4, -0.2) is 71.2 Å². The minimum Gasteiger partial charge on any atom is -0.487 e. The van der Waals surface area contributed by atoms with Crippen LogP contribution in [0, 0.1) is 0 Å². The molecular weight excluding hydrogens is 580 g/mol. The van der Waals surface area contributed by atoms with Crippen LogP contribution >= 0.6 is 23.5 Å². The molecule has 10 nitrogen and oxygen atoms in total. The summed E-state index contributed by atoms with van der Waals surface area (Å²) in [5.41, 5.74) is 1.50. The van der Waals surface area contributed by atoms with E-state index in [0.29, 0.717) is 28.7 Å². The van der Waals surface area contributed by atoms with Gasteiger partial charge >= 0.3 is 11.6 Å². The van der Waals surface area contributed by atoms with Crippen molar-refractivity contribution in [3.8, 4) is 22.6 Å². The van der Waals surface area contributed by atoms with Crippen LogP contribution < -0.4 is 25.7 Å². The smallest absolute Gasteiger partial charge is 0.336 e. The van der Waals surface area contributed by atoms with Gasteiger partial charge in [0.1, 0.15) is 34.8 Å². The van der Waals surface area contributed by atoms with Crippen molar-refractivity contribution in [2.24, 2.45) is 0 Å². The van der Waals surface area contributed by atoms with Crippen molar-refractivity contribution in [1.82, 2.24) is 10.6 Å². The van der Waals surface area contributed by atoms with Gasteiger partial charge in [-0.05, 0) is 44.8 Å². The fourth-order valence-electron chi connectivity index (χ4n) is 4.75. The molecule has 2 aromatic carbocycles. The van der Waals surface area contributed by atoms with Crippen LogP contribution in [-0.2, 0) is 20.8 Å². The number of ether oxygens (including phenoxy) is 2. The molecule has 3 N–H and O–H groups in total. The van der Waals surface area contributed by atoms with E-state index in [-0.39, 0.29) is 17.3 Å². The van der Waals surface area contributed by atoms with Gasteiger partial charge in [0, 0.05) is 34.8 Å². The Hall–Kier alpha value is -3.64. The Bertz CT molecular complexity index is 1520. The minimum atomic E-state index is -1.15. The monoisotopic (exact) mass is 614 g/mol. The molecule has 1 aliphatic rings. The maximum atomic E-state index is 13.0. The fourth-order valence-corrected chi connectivity index (χ4v) is 5.87. The highest BCUT2D eigenvalue weighted by atomic mass is 32.2. The number of carboxylic acid groups (broad SMARTS) is 1. The van der Waals surface area contributed by atoms with E-state index in [1.54, 1.807) is 18.6 Å². The van der Waals surface area contributed by atoms with Gasteiger partial charge in [-0.2, -0.15) is 23.5 Å². The Morgan fingerprint density at radius 1 is 1.05 bits per heavy atom. The van der Waals surface area contributed by atoms with Crippen molar-refractivity contribution in [3.05, 3.63) is 58.4 Å². The van der Waals surface area contributed by atoms with Crippen LogP contribution in [0.1, 0.15) is 25.8 Å². The first kappa shape index (κ1) is 31.3. The normalized spacial score (nSPS) is 15.1. The van der Waals surface area contributed by atoms with Crippen molar-refractivity contribution < 1.29 is 33.4 Å². The van der Waals surface area contributed by atoms with Gasteiger partial charge in [-0.25, -0.2) is 9.59 Å². The van der Waals surface area contributed by atoms with Gasteiger partial charge in [-0.15, -0.1) is 0 Å². The Balaban J connectivity index is 1.65. The maximum absolute atomic E-state index is 13.0. The van der Waals surface area contributed by atoms with E-state index in [1.165, 1.54) is 29.6 Å². The van der Waals surface area contributed by atoms with Crippen molar-refractivity contribution in [2.45, 2.75) is 44.4 Å². The van der Waals surface area contributed by atoms with Gasteiger partial charge in [0.2, 0.25) is 5.91 Å². The number of carbonyl (C=O) groups is 3. The summed E-state index contributed by atoms with van der Waals surface area (Å²) < 4.78 is 18.0. The van der Waals surface area contributed by atoms with E-state index >= 15 is 0 Å². The van der Waals surface area contributed by atoms with Gasteiger partial charge in [0.15, 0.2) is 6.61 Å². The number of amides is 2. The zero-order valence-corrected chi connectivity index (χ0v) is 25.5. The third-order valence-corrected chi connectivity index (χ3v) is 8.11. The molecule has 0 spiro atoms. The molecule has 3 aromatic rings. The van der Waals surface area contributed by atoms with Crippen LogP contribution in [0.3, 0.4) is 0 Å². The maximum Gasteiger partial charge on any atom is 0.336 e. The summed E-state index contributed by atoms with van der Waals surface area (Å²) in [6, 6.07) is 10.4. The van der Waals surface area contributed by atoms with E-state index < -0.39 is 47.7 Å². The SMILES string of the molecule is CSC[C@H](NC(=O)[C@H](CSC)NC(=O)COc1cc2c(c3oc(=O)cc(-c4ccccc4)c13)CCC(C)(C)O2)C(=O)O. The summed E-state index contributed by atoms with van der Waals surface area (Å²) in [6.45, 7) is 3.49. The Labute approximate surface area is 251 Å². The second-order valence-electron chi connectivity index (χ2n) is 10.5. The second kappa shape index (κ2) is 13.6. The van der Waals surface area contributed by atoms with E-state index in [2.05, 4.69) is 10.6 Å². The summed E-state index contributed by atoms with van der Waals surface area (Å²) in [6.07, 6.45) is 4.86. The summed E-state index contributed by atoms with van der Waals surface area (Å²) in [5, 5.41) is 15.1. The lowest BCUT2D eigenvalue weighted by Gasteiger charge is -2.33. The topological polar surface area (TPSA) is 144 Å². The van der Waals surface area contributed by atoms with Crippen LogP contribution in [0.25, 0.3) is 22.1 Å². The van der Waals surface area contributed by atoms with E-state index in [4.69, 9.17) is 13.9 Å². The molecule has 0 saturated carbocycles. The number of carboxylic acids is 1. The standard InChI is InChI=1S/C30H34N2O8S2/c1-30(2)11-10-18-22(40-30)13-23(26-19(12-25(34)39-27(18)26)17-8-6-5-7-9-17)38-14-24(33)31-20(15-41-3)28(35)32-21(16-42-4)29(36)37/h5-9,12-13,20-21H,10-11,14-16H2,1-4H3,(H,31,33)(H,32,35)(H,36,37)/t20-,21-/m0/s1. The number of aliphatic carboxylic acids is 1. The average Bonchev–Trinajstić information content (AvgIpc) is 2.94. The van der Waals surface area contributed by atoms with Crippen LogP contribution in [0.2, 0.25) is 0 Å². The molecule has 0 radical (unpaired) electrons. The van der Waals surface area contributed by atoms with Crippen molar-refractivity contribution in [2.75, 3.05) is 30.6 Å².